The van der Waals surface area contributed by atoms with Gasteiger partial charge in [0.2, 0.25) is 5.91 Å². The summed E-state index contributed by atoms with van der Waals surface area (Å²) in [6.07, 6.45) is 2.21. The van der Waals surface area contributed by atoms with Crippen LogP contribution in [0.1, 0.15) is 25.6 Å². The van der Waals surface area contributed by atoms with E-state index in [0.717, 1.165) is 49.2 Å². The molecule has 0 N–H and O–H groups in total. The molecule has 140 valence electrons. The highest BCUT2D eigenvalue weighted by Crippen LogP contribution is 2.22. The van der Waals surface area contributed by atoms with Crippen LogP contribution < -0.4 is 9.47 Å². The van der Waals surface area contributed by atoms with Gasteiger partial charge in [0, 0.05) is 25.7 Å². The zero-order valence-corrected chi connectivity index (χ0v) is 16.0. The number of amides is 1. The first-order valence-electron chi connectivity index (χ1n) is 8.80. The van der Waals surface area contributed by atoms with E-state index in [9.17, 15) is 4.79 Å². The second-order valence-electron chi connectivity index (χ2n) is 5.99. The molecule has 0 bridgehead atoms. The number of benzene rings is 1. The molecule has 3 rings (SSSR count). The van der Waals surface area contributed by atoms with Crippen molar-refractivity contribution < 1.29 is 14.3 Å². The van der Waals surface area contributed by atoms with Crippen LogP contribution in [-0.2, 0) is 17.9 Å². The Morgan fingerprint density at radius 1 is 1.23 bits per heavy atom. The molecule has 0 spiro atoms. The topological polar surface area (TPSA) is 69.5 Å². The lowest BCUT2D eigenvalue weighted by molar-refractivity contribution is -0.127. The lowest BCUT2D eigenvalue weighted by Crippen LogP contribution is -2.29. The average Bonchev–Trinajstić information content (AvgIpc) is 3.34. The van der Waals surface area contributed by atoms with Gasteiger partial charge in [-0.2, -0.15) is 0 Å². The summed E-state index contributed by atoms with van der Waals surface area (Å²) in [5.41, 5.74) is 0. The number of ether oxygens (including phenoxy) is 2. The maximum atomic E-state index is 12.2. The van der Waals surface area contributed by atoms with E-state index in [0.29, 0.717) is 18.1 Å². The number of hydrogen-bond acceptors (Lipinski definition) is 6. The Balaban J connectivity index is 1.59. The fraction of sp³-hybridized carbons (Fsp3) is 0.500. The molecule has 0 aliphatic carbocycles. The molecule has 0 radical (unpaired) electrons. The average molecular weight is 376 g/mol. The molecule has 8 heteroatoms. The second-order valence-corrected chi connectivity index (χ2v) is 6.93. The lowest BCUT2D eigenvalue weighted by atomic mass is 10.3. The summed E-state index contributed by atoms with van der Waals surface area (Å²) in [7, 11) is 1.62. The van der Waals surface area contributed by atoms with Crippen molar-refractivity contribution in [3.63, 3.8) is 0 Å². The Morgan fingerprint density at radius 2 is 2.00 bits per heavy atom. The van der Waals surface area contributed by atoms with E-state index in [1.807, 2.05) is 40.7 Å². The fourth-order valence-corrected chi connectivity index (χ4v) is 3.80. The maximum absolute atomic E-state index is 12.2. The minimum Gasteiger partial charge on any atom is -0.497 e. The number of thioether (sulfide) groups is 1. The number of likely N-dealkylation sites (tertiary alicyclic amines) is 1. The van der Waals surface area contributed by atoms with E-state index < -0.39 is 0 Å². The van der Waals surface area contributed by atoms with Crippen LogP contribution in [0, 0.1) is 0 Å². The van der Waals surface area contributed by atoms with Crippen molar-refractivity contribution >= 4 is 17.7 Å². The number of rotatable bonds is 8. The molecule has 7 nitrogen and oxygen atoms in total. The first-order valence-corrected chi connectivity index (χ1v) is 9.79. The Labute approximate surface area is 157 Å². The quantitative estimate of drug-likeness (QED) is 0.660. The molecule has 1 saturated heterocycles. The summed E-state index contributed by atoms with van der Waals surface area (Å²) in [5, 5.41) is 9.22. The minimum absolute atomic E-state index is 0.173. The van der Waals surface area contributed by atoms with Crippen LogP contribution in [0.5, 0.6) is 11.5 Å². The van der Waals surface area contributed by atoms with Gasteiger partial charge in [0.25, 0.3) is 0 Å². The highest BCUT2D eigenvalue weighted by atomic mass is 32.2. The molecule has 1 amide bonds. The zero-order valence-electron chi connectivity index (χ0n) is 15.2. The van der Waals surface area contributed by atoms with Crippen LogP contribution in [0.3, 0.4) is 0 Å². The molecule has 2 heterocycles. The molecule has 1 fully saturated rings. The summed E-state index contributed by atoms with van der Waals surface area (Å²) in [5.74, 6) is 2.78. The second kappa shape index (κ2) is 8.93. The largest absolute Gasteiger partial charge is 0.497 e. The highest BCUT2D eigenvalue weighted by molar-refractivity contribution is 7.99. The summed E-state index contributed by atoms with van der Waals surface area (Å²) in [6, 6.07) is 7.45. The maximum Gasteiger partial charge on any atom is 0.233 e. The van der Waals surface area contributed by atoms with Crippen LogP contribution in [-0.4, -0.2) is 51.5 Å². The van der Waals surface area contributed by atoms with Crippen LogP contribution in [0.15, 0.2) is 29.4 Å². The van der Waals surface area contributed by atoms with Gasteiger partial charge in [-0.25, -0.2) is 0 Å². The van der Waals surface area contributed by atoms with E-state index in [1.54, 1.807) is 7.11 Å². The third-order valence-electron chi connectivity index (χ3n) is 4.30. The lowest BCUT2D eigenvalue weighted by Gasteiger charge is -2.14. The van der Waals surface area contributed by atoms with Gasteiger partial charge in [-0.05, 0) is 31.9 Å². The number of hydrogen-bond donors (Lipinski definition) is 0. The molecule has 0 unspecified atom stereocenters. The van der Waals surface area contributed by atoms with Crippen LogP contribution in [0.4, 0.5) is 0 Å². The summed E-state index contributed by atoms with van der Waals surface area (Å²) >= 11 is 1.44. The third-order valence-corrected chi connectivity index (χ3v) is 5.25. The van der Waals surface area contributed by atoms with Gasteiger partial charge in [-0.15, -0.1) is 10.2 Å². The summed E-state index contributed by atoms with van der Waals surface area (Å²) in [4.78, 5) is 14.1. The Morgan fingerprint density at radius 3 is 2.73 bits per heavy atom. The molecule has 1 aromatic heterocycles. The molecule has 1 aromatic carbocycles. The smallest absolute Gasteiger partial charge is 0.233 e. The van der Waals surface area contributed by atoms with Gasteiger partial charge in [-0.1, -0.05) is 17.8 Å². The standard InChI is InChI=1S/C18H24N4O3S/c1-3-22-16(12-25-15-8-6-7-14(11-15)24-2)19-20-18(22)26-13-17(23)21-9-4-5-10-21/h6-8,11H,3-5,9-10,12-13H2,1-2H3. The molecule has 26 heavy (non-hydrogen) atoms. The molecular weight excluding hydrogens is 352 g/mol. The van der Waals surface area contributed by atoms with Gasteiger partial charge in [0.05, 0.1) is 12.9 Å². The molecule has 1 aliphatic rings. The van der Waals surface area contributed by atoms with E-state index in [4.69, 9.17) is 9.47 Å². The van der Waals surface area contributed by atoms with Crippen LogP contribution in [0.25, 0.3) is 0 Å². The third kappa shape index (κ3) is 4.49. The Kier molecular flexibility index (Phi) is 6.38. The first-order chi connectivity index (χ1) is 12.7. The van der Waals surface area contributed by atoms with E-state index >= 15 is 0 Å². The molecule has 2 aromatic rings. The molecule has 0 saturated carbocycles. The van der Waals surface area contributed by atoms with Crippen molar-refractivity contribution in [1.82, 2.24) is 19.7 Å². The summed E-state index contributed by atoms with van der Waals surface area (Å²) in [6.45, 7) is 4.82. The highest BCUT2D eigenvalue weighted by Gasteiger charge is 2.19. The number of nitrogens with zero attached hydrogens (tertiary/aromatic N) is 4. The van der Waals surface area contributed by atoms with Gasteiger partial charge in [0.1, 0.15) is 18.1 Å². The van der Waals surface area contributed by atoms with Gasteiger partial charge in [0.15, 0.2) is 11.0 Å². The van der Waals surface area contributed by atoms with Crippen molar-refractivity contribution in [1.29, 1.82) is 0 Å². The minimum atomic E-state index is 0.173. The van der Waals surface area contributed by atoms with Gasteiger partial charge >= 0.3 is 0 Å². The molecular formula is C18H24N4O3S. The molecule has 1 aliphatic heterocycles. The van der Waals surface area contributed by atoms with Gasteiger partial charge < -0.3 is 18.9 Å². The number of carbonyl (C=O) groups excluding carboxylic acids is 1. The predicted octanol–water partition coefficient (Wildman–Crippen LogP) is 2.60. The van der Waals surface area contributed by atoms with Crippen molar-refractivity contribution in [3.8, 4) is 11.5 Å². The van der Waals surface area contributed by atoms with Crippen molar-refractivity contribution in [2.24, 2.45) is 0 Å². The Hall–Kier alpha value is -2.22. The number of methoxy groups -OCH3 is 1. The normalized spacial score (nSPS) is 13.8. The summed E-state index contributed by atoms with van der Waals surface area (Å²) < 4.78 is 13.0. The van der Waals surface area contributed by atoms with Gasteiger partial charge in [-0.3, -0.25) is 4.79 Å². The van der Waals surface area contributed by atoms with E-state index in [2.05, 4.69) is 10.2 Å². The Bertz CT molecular complexity index is 744. The van der Waals surface area contributed by atoms with Crippen molar-refractivity contribution in [2.75, 3.05) is 26.0 Å². The predicted molar refractivity (Wildman–Crippen MR) is 99.6 cm³/mol. The fourth-order valence-electron chi connectivity index (χ4n) is 2.87. The van der Waals surface area contributed by atoms with E-state index in [-0.39, 0.29) is 5.91 Å². The molecule has 0 atom stereocenters. The van der Waals surface area contributed by atoms with Crippen LogP contribution in [0.2, 0.25) is 0 Å². The van der Waals surface area contributed by atoms with Crippen molar-refractivity contribution in [2.45, 2.75) is 38.1 Å². The SMILES string of the molecule is CCn1c(COc2cccc(OC)c2)nnc1SCC(=O)N1CCCC1. The zero-order chi connectivity index (χ0) is 18.4. The van der Waals surface area contributed by atoms with Crippen LogP contribution >= 0.6 is 11.8 Å². The monoisotopic (exact) mass is 376 g/mol. The number of carbonyl (C=O) groups is 1. The first kappa shape index (κ1) is 18.6. The van der Waals surface area contributed by atoms with E-state index in [1.165, 1.54) is 11.8 Å². The van der Waals surface area contributed by atoms with Crippen molar-refractivity contribution in [3.05, 3.63) is 30.1 Å². The number of aromatic nitrogens is 3.